The van der Waals surface area contributed by atoms with Crippen LogP contribution in [0, 0.1) is 53.3 Å². The maximum absolute atomic E-state index is 14.5. The molecule has 412 valence electrons. The Morgan fingerprint density at radius 2 is 1.44 bits per heavy atom. The van der Waals surface area contributed by atoms with Crippen LogP contribution in [-0.4, -0.2) is 106 Å². The molecule has 2 unspecified atom stereocenters. The summed E-state index contributed by atoms with van der Waals surface area (Å²) in [5.74, 6) is -9.30. The van der Waals surface area contributed by atoms with Gasteiger partial charge in [-0.25, -0.2) is 28.3 Å². The third-order valence-electron chi connectivity index (χ3n) is 17.9. The lowest BCUT2D eigenvalue weighted by atomic mass is 9.75. The number of hydrogen-bond donors (Lipinski definition) is 3. The normalized spacial score (nSPS) is 38.2. The van der Waals surface area contributed by atoms with Gasteiger partial charge in [0.2, 0.25) is 5.79 Å². The van der Waals surface area contributed by atoms with Gasteiger partial charge >= 0.3 is 17.3 Å². The molecule has 8 rings (SSSR count). The summed E-state index contributed by atoms with van der Waals surface area (Å²) in [4.78, 5) is 102. The molecule has 5 aliphatic heterocycles. The first-order chi connectivity index (χ1) is 35.4. The lowest BCUT2D eigenvalue weighted by molar-refractivity contribution is -0.264. The minimum atomic E-state index is -2.48. The van der Waals surface area contributed by atoms with Gasteiger partial charge in [-0.1, -0.05) is 103 Å². The number of aromatic nitrogens is 3. The number of carbonyl (C=O) groups is 5. The second-order valence-corrected chi connectivity index (χ2v) is 23.6. The fraction of sp³-hybridized carbons (Fsp3) is 0.678. The van der Waals surface area contributed by atoms with Gasteiger partial charge in [0.05, 0.1) is 36.1 Å². The van der Waals surface area contributed by atoms with Gasteiger partial charge in [-0.05, 0) is 132 Å². The first-order valence-electron chi connectivity index (χ1n) is 27.9. The van der Waals surface area contributed by atoms with Gasteiger partial charge in [0, 0.05) is 36.6 Å². The third-order valence-corrected chi connectivity index (χ3v) is 17.9. The number of ketones is 3. The van der Waals surface area contributed by atoms with Crippen molar-refractivity contribution in [2.24, 2.45) is 53.3 Å². The molecule has 4 bridgehead atoms. The Hall–Kier alpha value is -5.03. The Morgan fingerprint density at radius 1 is 0.747 bits per heavy atom. The quantitative estimate of drug-likeness (QED) is 0.155. The van der Waals surface area contributed by atoms with E-state index in [4.69, 9.17) is 9.47 Å². The van der Waals surface area contributed by atoms with Crippen LogP contribution < -0.4 is 11.4 Å². The number of Topliss-reactive ketones (excluding diaryl/α,β-unsaturated/α-hetero) is 3. The van der Waals surface area contributed by atoms with Crippen LogP contribution in [0.15, 0.2) is 75.4 Å². The number of esters is 1. The molecule has 0 radical (unpaired) electrons. The summed E-state index contributed by atoms with van der Waals surface area (Å²) in [7, 11) is 0. The van der Waals surface area contributed by atoms with Gasteiger partial charge in [-0.3, -0.25) is 19.2 Å². The highest BCUT2D eigenvalue weighted by molar-refractivity contribution is 6.39. The third kappa shape index (κ3) is 12.4. The molecular formula is C59H84N4O12. The van der Waals surface area contributed by atoms with E-state index < -0.39 is 101 Å². The van der Waals surface area contributed by atoms with E-state index in [0.717, 1.165) is 23.0 Å². The van der Waals surface area contributed by atoms with Crippen LogP contribution in [-0.2, 0) is 33.4 Å². The van der Waals surface area contributed by atoms with Gasteiger partial charge in [0.25, 0.3) is 11.7 Å². The number of benzene rings is 1. The number of aliphatic hydroxyl groups is 3. The predicted molar refractivity (Wildman–Crippen MR) is 283 cm³/mol. The Morgan fingerprint density at radius 3 is 2.13 bits per heavy atom. The first-order valence-corrected chi connectivity index (χ1v) is 27.9. The number of hydrogen-bond acceptors (Lipinski definition) is 12. The predicted octanol–water partition coefficient (Wildman–Crippen LogP) is 7.40. The van der Waals surface area contributed by atoms with Crippen molar-refractivity contribution in [3.63, 3.8) is 0 Å². The Balaban J connectivity index is 1.24. The fourth-order valence-electron chi connectivity index (χ4n) is 12.7. The van der Waals surface area contributed by atoms with Gasteiger partial charge in [-0.2, -0.15) is 0 Å². The highest BCUT2D eigenvalue weighted by atomic mass is 16.6. The monoisotopic (exact) mass is 1040 g/mol. The van der Waals surface area contributed by atoms with Gasteiger partial charge < -0.3 is 29.7 Å². The summed E-state index contributed by atoms with van der Waals surface area (Å²) in [5.41, 5.74) is 0.621. The zero-order chi connectivity index (χ0) is 54.8. The molecule has 17 atom stereocenters. The summed E-state index contributed by atoms with van der Waals surface area (Å²) in [6, 6.07) is 6.25. The van der Waals surface area contributed by atoms with Crippen LogP contribution in [0.4, 0.5) is 0 Å². The van der Waals surface area contributed by atoms with Crippen molar-refractivity contribution in [3.05, 3.63) is 86.8 Å². The van der Waals surface area contributed by atoms with E-state index >= 15 is 0 Å². The second kappa shape index (κ2) is 24.1. The lowest BCUT2D eigenvalue weighted by Crippen LogP contribution is -2.60. The molecular weight excluding hydrogens is 957 g/mol. The van der Waals surface area contributed by atoms with Crippen LogP contribution >= 0.6 is 0 Å². The van der Waals surface area contributed by atoms with Crippen molar-refractivity contribution in [2.45, 2.75) is 195 Å². The molecule has 6 heterocycles. The number of para-hydroxylation sites is 1. The van der Waals surface area contributed by atoms with Crippen LogP contribution in [0.1, 0.15) is 158 Å². The summed E-state index contributed by atoms with van der Waals surface area (Å²) < 4.78 is 16.7. The highest BCUT2D eigenvalue weighted by Gasteiger charge is 2.53. The van der Waals surface area contributed by atoms with E-state index in [1.54, 1.807) is 71.0 Å². The van der Waals surface area contributed by atoms with Crippen LogP contribution in [0.5, 0.6) is 0 Å². The minimum Gasteiger partial charge on any atom is -0.460 e. The van der Waals surface area contributed by atoms with Crippen molar-refractivity contribution in [1.82, 2.24) is 18.8 Å². The number of amides is 1. The van der Waals surface area contributed by atoms with E-state index in [-0.39, 0.29) is 60.5 Å². The first kappa shape index (κ1) is 57.7. The summed E-state index contributed by atoms with van der Waals surface area (Å²) in [6.45, 7) is 18.4. The maximum atomic E-state index is 14.5. The Kier molecular flexibility index (Phi) is 18.5. The molecule has 0 spiro atoms. The fourth-order valence-corrected chi connectivity index (χ4v) is 12.7. The zero-order valence-corrected chi connectivity index (χ0v) is 45.9. The topological polar surface area (TPSA) is 217 Å². The summed E-state index contributed by atoms with van der Waals surface area (Å²) >= 11 is 0. The number of nitrogens with zero attached hydrogens (tertiary/aromatic N) is 4. The average Bonchev–Trinajstić information content (AvgIpc) is 3.65. The van der Waals surface area contributed by atoms with E-state index in [0.29, 0.717) is 62.6 Å². The van der Waals surface area contributed by atoms with Crippen molar-refractivity contribution < 1.29 is 48.8 Å². The molecule has 3 N–H and O–H groups in total. The SMILES string of the molecule is C/C1=C\[C@@H](C)C(=O)C[C@@H]([C@H](C)C[C@@H]2CC[C@@H](O)[C@H](C)C2)OC(=O)[C@@H]2CCCCN2C(=O)C(=O)[C@]2(O)O[C@@H](CC[C@H]2C)C[C@H](C)/C(C)=C/C2C=CC([C@@H](C)C[C@@H](C)C(=O)[C@H](C)[C@@H]1O)n1c(=O)n(-c3ccccc3)c(=O)n12. The number of carbonyl (C=O) groups excluding carboxylic acids is 5. The molecule has 6 aliphatic rings. The maximum Gasteiger partial charge on any atom is 0.352 e. The smallest absolute Gasteiger partial charge is 0.352 e. The van der Waals surface area contributed by atoms with Gasteiger partial charge in [0.15, 0.2) is 0 Å². The van der Waals surface area contributed by atoms with Gasteiger partial charge in [0.1, 0.15) is 23.7 Å². The van der Waals surface area contributed by atoms with Crippen LogP contribution in [0.25, 0.3) is 5.69 Å². The van der Waals surface area contributed by atoms with E-state index in [1.165, 1.54) is 14.3 Å². The summed E-state index contributed by atoms with van der Waals surface area (Å²) in [6.07, 6.45) is 9.73. The van der Waals surface area contributed by atoms with E-state index in [1.807, 2.05) is 52.8 Å². The van der Waals surface area contributed by atoms with E-state index in [9.17, 15) is 48.9 Å². The number of piperidine rings is 1. The zero-order valence-electron chi connectivity index (χ0n) is 45.9. The molecule has 1 aromatic heterocycles. The minimum absolute atomic E-state index is 0.0742. The number of allylic oxidation sites excluding steroid dienone is 5. The van der Waals surface area contributed by atoms with Crippen LogP contribution in [0.3, 0.4) is 0 Å². The molecule has 2 saturated heterocycles. The van der Waals surface area contributed by atoms with Gasteiger partial charge in [-0.15, -0.1) is 0 Å². The highest BCUT2D eigenvalue weighted by Crippen LogP contribution is 2.39. The molecule has 1 aromatic carbocycles. The number of ether oxygens (including phenoxy) is 2. The number of rotatable bonds is 4. The van der Waals surface area contributed by atoms with Crippen molar-refractivity contribution in [3.8, 4) is 5.69 Å². The average molecular weight is 1040 g/mol. The summed E-state index contributed by atoms with van der Waals surface area (Å²) in [5, 5.41) is 34.3. The second-order valence-electron chi connectivity index (χ2n) is 23.6. The molecule has 3 fully saturated rings. The molecule has 16 heteroatoms. The molecule has 1 saturated carbocycles. The number of aliphatic hydroxyl groups excluding tert-OH is 2. The number of fused-ring (bicyclic) bond motifs is 15. The molecule has 1 aliphatic carbocycles. The standard InChI is InChI=1S/C59H84N4O12/c1-33-30-45-21-23-47(63-58(72)61(57(71)62(45)63)44-16-12-11-13-17-44)35(3)26-39(7)52(66)42(10)53(67)40(8)27-36(4)50(65)32-51(38(6)29-43-20-24-49(64)37(5)28-43)74-56(70)48-18-14-15-25-60(48)55(69)54(68)59(73)41(9)19-22-46(75-59)31-34(33)2/h11-13,16-17,21,23,27,30,34-39,41-43,45-49,51,53,64,67,73H,14-15,18-20,22,24-26,28-29,31-32H2,1-10H3/b33-30+,40-27+/t34-,35-,36+,37+,38+,39+,41+,42-,43+,45?,46-,47?,48-,49+,51-,53+,59+/m0/s1. The van der Waals surface area contributed by atoms with Crippen molar-refractivity contribution in [2.75, 3.05) is 6.54 Å². The Bertz CT molecular complexity index is 2630. The van der Waals surface area contributed by atoms with Crippen LogP contribution in [0.2, 0.25) is 0 Å². The Labute approximate surface area is 442 Å². The molecule has 1 amide bonds. The molecule has 16 nitrogen and oxygen atoms in total. The molecule has 2 aromatic rings. The van der Waals surface area contributed by atoms with E-state index in [2.05, 4.69) is 0 Å². The largest absolute Gasteiger partial charge is 0.460 e. The van der Waals surface area contributed by atoms with Crippen molar-refractivity contribution >= 4 is 29.2 Å². The lowest BCUT2D eigenvalue weighted by Gasteiger charge is -2.42. The van der Waals surface area contributed by atoms with Crippen molar-refractivity contribution in [1.29, 1.82) is 0 Å². The molecule has 75 heavy (non-hydrogen) atoms.